The van der Waals surface area contributed by atoms with Crippen molar-refractivity contribution in [2.24, 2.45) is 0 Å². The second-order valence-electron chi connectivity index (χ2n) is 3.56. The van der Waals surface area contributed by atoms with Gasteiger partial charge in [0.2, 0.25) is 11.8 Å². The van der Waals surface area contributed by atoms with E-state index in [4.69, 9.17) is 16.3 Å². The van der Waals surface area contributed by atoms with Gasteiger partial charge in [0.25, 0.3) is 0 Å². The predicted octanol–water partition coefficient (Wildman–Crippen LogP) is 3.14. The second kappa shape index (κ2) is 6.16. The molecule has 2 heterocycles. The van der Waals surface area contributed by atoms with Crippen LogP contribution in [-0.4, -0.2) is 21.5 Å². The highest BCUT2D eigenvalue weighted by Gasteiger charge is 2.07. The van der Waals surface area contributed by atoms with Crippen LogP contribution in [0.25, 0.3) is 0 Å². The fraction of sp³-hybridized carbons (Fsp3) is 0.250. The lowest BCUT2D eigenvalue weighted by Crippen LogP contribution is -2.04. The van der Waals surface area contributed by atoms with Crippen LogP contribution in [0.15, 0.2) is 30.7 Å². The highest BCUT2D eigenvalue weighted by molar-refractivity contribution is 6.31. The van der Waals surface area contributed by atoms with E-state index in [1.54, 1.807) is 24.5 Å². The Hall–Kier alpha value is -1.88. The topological polar surface area (TPSA) is 59.9 Å². The van der Waals surface area contributed by atoms with Gasteiger partial charge < -0.3 is 10.1 Å². The number of pyridine rings is 1. The van der Waals surface area contributed by atoms with Gasteiger partial charge in [0.15, 0.2) is 0 Å². The number of aromatic nitrogens is 3. The zero-order valence-corrected chi connectivity index (χ0v) is 10.7. The number of anilines is 1. The summed E-state index contributed by atoms with van der Waals surface area (Å²) in [5.74, 6) is 1.40. The molecule has 0 saturated heterocycles. The number of hydrogen-bond acceptors (Lipinski definition) is 5. The van der Waals surface area contributed by atoms with Gasteiger partial charge in [-0.1, -0.05) is 18.5 Å². The molecule has 0 aliphatic rings. The van der Waals surface area contributed by atoms with E-state index in [9.17, 15) is 0 Å². The zero-order chi connectivity index (χ0) is 12.8. The molecular weight excluding hydrogens is 252 g/mol. The van der Waals surface area contributed by atoms with Crippen molar-refractivity contribution in [1.29, 1.82) is 0 Å². The van der Waals surface area contributed by atoms with Gasteiger partial charge in [-0.3, -0.25) is 4.98 Å². The fourth-order valence-corrected chi connectivity index (χ4v) is 1.39. The third-order valence-corrected chi connectivity index (χ3v) is 2.35. The molecule has 2 aromatic heterocycles. The quantitative estimate of drug-likeness (QED) is 0.899. The predicted molar refractivity (Wildman–Crippen MR) is 70.1 cm³/mol. The molecule has 94 valence electrons. The first-order chi connectivity index (χ1) is 8.79. The molecule has 0 spiro atoms. The molecule has 2 aromatic rings. The number of nitrogens with one attached hydrogen (secondary N) is 1. The van der Waals surface area contributed by atoms with E-state index in [2.05, 4.69) is 27.2 Å². The van der Waals surface area contributed by atoms with Crippen molar-refractivity contribution in [1.82, 2.24) is 15.0 Å². The Balaban J connectivity index is 2.16. The molecular formula is C12H13ClN4O. The number of ether oxygens (including phenoxy) is 1. The van der Waals surface area contributed by atoms with Crippen molar-refractivity contribution in [2.75, 3.05) is 11.9 Å². The van der Waals surface area contributed by atoms with Crippen molar-refractivity contribution in [3.63, 3.8) is 0 Å². The van der Waals surface area contributed by atoms with Crippen LogP contribution in [-0.2, 0) is 0 Å². The molecule has 5 nitrogen and oxygen atoms in total. The van der Waals surface area contributed by atoms with Crippen LogP contribution >= 0.6 is 11.6 Å². The Morgan fingerprint density at radius 3 is 3.00 bits per heavy atom. The minimum absolute atomic E-state index is 0.318. The standard InChI is InChI=1S/C12H13ClN4O/c1-2-5-15-12-16-8-10(13)11(17-12)18-9-4-3-6-14-7-9/h3-4,6-8H,2,5H2,1H3,(H,15,16,17). The van der Waals surface area contributed by atoms with Crippen molar-refractivity contribution < 1.29 is 4.74 Å². The van der Waals surface area contributed by atoms with Gasteiger partial charge in [-0.2, -0.15) is 4.98 Å². The number of nitrogens with zero attached hydrogens (tertiary/aromatic N) is 3. The molecule has 0 aliphatic heterocycles. The van der Waals surface area contributed by atoms with E-state index in [-0.39, 0.29) is 0 Å². The molecule has 0 unspecified atom stereocenters. The first kappa shape index (κ1) is 12.6. The summed E-state index contributed by atoms with van der Waals surface area (Å²) in [6.07, 6.45) is 5.77. The largest absolute Gasteiger partial charge is 0.436 e. The molecule has 0 fully saturated rings. The second-order valence-corrected chi connectivity index (χ2v) is 3.97. The smallest absolute Gasteiger partial charge is 0.243 e. The lowest BCUT2D eigenvalue weighted by Gasteiger charge is -2.08. The number of rotatable bonds is 5. The summed E-state index contributed by atoms with van der Waals surface area (Å²) < 4.78 is 5.54. The highest BCUT2D eigenvalue weighted by atomic mass is 35.5. The first-order valence-corrected chi connectivity index (χ1v) is 6.01. The summed E-state index contributed by atoms with van der Waals surface area (Å²) in [7, 11) is 0. The fourth-order valence-electron chi connectivity index (χ4n) is 1.26. The van der Waals surface area contributed by atoms with E-state index in [1.807, 2.05) is 0 Å². The Bertz CT molecular complexity index is 507. The van der Waals surface area contributed by atoms with Gasteiger partial charge in [-0.05, 0) is 18.6 Å². The maximum absolute atomic E-state index is 5.98. The molecule has 0 radical (unpaired) electrons. The molecule has 6 heteroatoms. The summed E-state index contributed by atoms with van der Waals surface area (Å²) in [5.41, 5.74) is 0. The summed E-state index contributed by atoms with van der Waals surface area (Å²) in [6, 6.07) is 3.56. The molecule has 0 amide bonds. The lowest BCUT2D eigenvalue weighted by molar-refractivity contribution is 0.460. The molecule has 2 rings (SSSR count). The average molecular weight is 265 g/mol. The van der Waals surface area contributed by atoms with E-state index >= 15 is 0 Å². The normalized spacial score (nSPS) is 10.1. The Labute approximate surface area is 110 Å². The van der Waals surface area contributed by atoms with Gasteiger partial charge in [0.1, 0.15) is 10.8 Å². The Kier molecular flexibility index (Phi) is 4.30. The highest BCUT2D eigenvalue weighted by Crippen LogP contribution is 2.26. The van der Waals surface area contributed by atoms with E-state index in [0.29, 0.717) is 22.6 Å². The van der Waals surface area contributed by atoms with Gasteiger partial charge >= 0.3 is 0 Å². The third-order valence-electron chi connectivity index (χ3n) is 2.09. The molecule has 0 aromatic carbocycles. The van der Waals surface area contributed by atoms with Gasteiger partial charge in [0.05, 0.1) is 12.4 Å². The molecule has 18 heavy (non-hydrogen) atoms. The van der Waals surface area contributed by atoms with Crippen molar-refractivity contribution in [3.05, 3.63) is 35.7 Å². The van der Waals surface area contributed by atoms with Crippen LogP contribution in [0.5, 0.6) is 11.6 Å². The Morgan fingerprint density at radius 1 is 1.39 bits per heavy atom. The van der Waals surface area contributed by atoms with E-state index < -0.39 is 0 Å². The van der Waals surface area contributed by atoms with E-state index in [0.717, 1.165) is 13.0 Å². The maximum atomic E-state index is 5.98. The minimum Gasteiger partial charge on any atom is -0.436 e. The summed E-state index contributed by atoms with van der Waals surface area (Å²) >= 11 is 5.98. The number of hydrogen-bond donors (Lipinski definition) is 1. The molecule has 0 saturated carbocycles. The van der Waals surface area contributed by atoms with Gasteiger partial charge in [-0.15, -0.1) is 0 Å². The molecule has 0 bridgehead atoms. The minimum atomic E-state index is 0.318. The van der Waals surface area contributed by atoms with Crippen LogP contribution in [0.1, 0.15) is 13.3 Å². The summed E-state index contributed by atoms with van der Waals surface area (Å²) in [4.78, 5) is 12.2. The Morgan fingerprint density at radius 2 is 2.28 bits per heavy atom. The van der Waals surface area contributed by atoms with Crippen molar-refractivity contribution in [2.45, 2.75) is 13.3 Å². The third kappa shape index (κ3) is 3.30. The maximum Gasteiger partial charge on any atom is 0.243 e. The van der Waals surface area contributed by atoms with Crippen LogP contribution < -0.4 is 10.1 Å². The molecule has 1 N–H and O–H groups in total. The van der Waals surface area contributed by atoms with Crippen LogP contribution in [0.4, 0.5) is 5.95 Å². The molecule has 0 aliphatic carbocycles. The first-order valence-electron chi connectivity index (χ1n) is 5.64. The monoisotopic (exact) mass is 264 g/mol. The van der Waals surface area contributed by atoms with E-state index in [1.165, 1.54) is 6.20 Å². The zero-order valence-electron chi connectivity index (χ0n) is 9.93. The lowest BCUT2D eigenvalue weighted by atomic mass is 10.4. The average Bonchev–Trinajstić information content (AvgIpc) is 2.41. The van der Waals surface area contributed by atoms with Crippen LogP contribution in [0.2, 0.25) is 5.02 Å². The van der Waals surface area contributed by atoms with Gasteiger partial charge in [-0.25, -0.2) is 4.98 Å². The molecule has 0 atom stereocenters. The number of halogens is 1. The van der Waals surface area contributed by atoms with Crippen molar-refractivity contribution >= 4 is 17.5 Å². The summed E-state index contributed by atoms with van der Waals surface area (Å²) in [6.45, 7) is 2.87. The summed E-state index contributed by atoms with van der Waals surface area (Å²) in [5, 5.41) is 3.43. The SMILES string of the molecule is CCCNc1ncc(Cl)c(Oc2cccnc2)n1. The van der Waals surface area contributed by atoms with Crippen molar-refractivity contribution in [3.8, 4) is 11.6 Å². The van der Waals surface area contributed by atoms with Crippen LogP contribution in [0, 0.1) is 0 Å². The van der Waals surface area contributed by atoms with Crippen LogP contribution in [0.3, 0.4) is 0 Å². The van der Waals surface area contributed by atoms with Gasteiger partial charge in [0, 0.05) is 12.7 Å².